The quantitative estimate of drug-likeness (QED) is 0.284. The Hall–Kier alpha value is -0.690. The van der Waals surface area contributed by atoms with E-state index in [4.69, 9.17) is 10.8 Å². The van der Waals surface area contributed by atoms with Crippen molar-refractivity contribution in [3.63, 3.8) is 0 Å². The number of aliphatic hydroxyl groups is 3. The molecule has 0 aliphatic carbocycles. The molecular formula is C6H12N2O4. The van der Waals surface area contributed by atoms with Gasteiger partial charge in [0, 0.05) is 0 Å². The second kappa shape index (κ2) is 3.36. The van der Waals surface area contributed by atoms with Gasteiger partial charge >= 0.3 is 0 Å². The van der Waals surface area contributed by atoms with Crippen LogP contribution in [-0.2, 0) is 4.79 Å². The lowest BCUT2D eigenvalue weighted by molar-refractivity contribution is -0.137. The van der Waals surface area contributed by atoms with Gasteiger partial charge in [-0.15, -0.1) is 0 Å². The average Bonchev–Trinajstić information content (AvgIpc) is 2.08. The zero-order valence-electron chi connectivity index (χ0n) is 6.34. The smallest absolute Gasteiger partial charge is 0.240 e. The van der Waals surface area contributed by atoms with Gasteiger partial charge in [-0.1, -0.05) is 0 Å². The molecule has 1 amide bonds. The van der Waals surface area contributed by atoms with Crippen LogP contribution in [0.5, 0.6) is 0 Å². The highest BCUT2D eigenvalue weighted by Gasteiger charge is 2.39. The molecule has 1 aliphatic heterocycles. The van der Waals surface area contributed by atoms with Crippen molar-refractivity contribution >= 4 is 5.91 Å². The normalized spacial score (nSPS) is 42.5. The number of hydrogen-bond donors (Lipinski definition) is 5. The third-order valence-electron chi connectivity index (χ3n) is 1.96. The van der Waals surface area contributed by atoms with E-state index in [1.54, 1.807) is 0 Å². The Balaban J connectivity index is 2.70. The lowest BCUT2D eigenvalue weighted by Crippen LogP contribution is -2.66. The molecule has 0 unspecified atom stereocenters. The monoisotopic (exact) mass is 176 g/mol. The maximum absolute atomic E-state index is 10.9. The first-order valence-electron chi connectivity index (χ1n) is 3.61. The highest BCUT2D eigenvalue weighted by molar-refractivity contribution is 5.83. The minimum atomic E-state index is -1.31. The average molecular weight is 176 g/mol. The third kappa shape index (κ3) is 1.42. The topological polar surface area (TPSA) is 116 Å². The van der Waals surface area contributed by atoms with Crippen molar-refractivity contribution in [3.8, 4) is 0 Å². The first kappa shape index (κ1) is 9.40. The molecule has 0 aromatic heterocycles. The number of nitrogens with two attached hydrogens (primary N) is 1. The molecule has 6 heteroatoms. The largest absolute Gasteiger partial charge is 0.394 e. The summed E-state index contributed by atoms with van der Waals surface area (Å²) in [7, 11) is 0. The minimum absolute atomic E-state index is 0.420. The Kier molecular flexibility index (Phi) is 2.63. The number of nitrogens with one attached hydrogen (secondary N) is 1. The Labute approximate surface area is 69.0 Å². The molecule has 12 heavy (non-hydrogen) atoms. The van der Waals surface area contributed by atoms with Crippen LogP contribution < -0.4 is 11.1 Å². The molecule has 6 nitrogen and oxygen atoms in total. The summed E-state index contributed by atoms with van der Waals surface area (Å²) in [6, 6.07) is -1.95. The predicted octanol–water partition coefficient (Wildman–Crippen LogP) is -3.47. The molecule has 1 saturated heterocycles. The molecule has 1 fully saturated rings. The summed E-state index contributed by atoms with van der Waals surface area (Å²) in [5.74, 6) is -0.563. The number of rotatable bonds is 1. The molecule has 1 rings (SSSR count). The van der Waals surface area contributed by atoms with Crippen LogP contribution in [0.4, 0.5) is 0 Å². The Morgan fingerprint density at radius 3 is 2.50 bits per heavy atom. The van der Waals surface area contributed by atoms with E-state index in [2.05, 4.69) is 5.32 Å². The van der Waals surface area contributed by atoms with Crippen LogP contribution in [0.25, 0.3) is 0 Å². The standard InChI is InChI=1S/C6H12N2O4/c7-3-5(11)4(10)2(1-9)8-6(3)12/h2-5,9-11H,1,7H2,(H,8,12)/t2-,3+,4-,5-/m1/s1. The summed E-state index contributed by atoms with van der Waals surface area (Å²) in [4.78, 5) is 10.9. The molecule has 0 saturated carbocycles. The molecule has 0 bridgehead atoms. The SMILES string of the molecule is N[C@@H]1C(=O)N[C@H](CO)[C@@H](O)[C@@H]1O. The molecule has 0 aromatic rings. The van der Waals surface area contributed by atoms with Gasteiger partial charge < -0.3 is 26.4 Å². The molecule has 0 aromatic carbocycles. The van der Waals surface area contributed by atoms with Crippen molar-refractivity contribution in [2.75, 3.05) is 6.61 Å². The van der Waals surface area contributed by atoms with E-state index in [-0.39, 0.29) is 0 Å². The van der Waals surface area contributed by atoms with E-state index in [1.807, 2.05) is 0 Å². The highest BCUT2D eigenvalue weighted by atomic mass is 16.3. The number of piperidine rings is 1. The van der Waals surface area contributed by atoms with Crippen LogP contribution >= 0.6 is 0 Å². The third-order valence-corrected chi connectivity index (χ3v) is 1.96. The fourth-order valence-electron chi connectivity index (χ4n) is 1.12. The van der Waals surface area contributed by atoms with Crippen molar-refractivity contribution in [1.82, 2.24) is 5.32 Å². The maximum atomic E-state index is 10.9. The van der Waals surface area contributed by atoms with E-state index >= 15 is 0 Å². The zero-order chi connectivity index (χ0) is 9.30. The molecule has 6 N–H and O–H groups in total. The zero-order valence-corrected chi connectivity index (χ0v) is 6.34. The number of amides is 1. The summed E-state index contributed by atoms with van der Waals surface area (Å²) in [6.07, 6.45) is -2.52. The second-order valence-corrected chi connectivity index (χ2v) is 2.80. The molecule has 4 atom stereocenters. The lowest BCUT2D eigenvalue weighted by atomic mass is 9.95. The van der Waals surface area contributed by atoms with Gasteiger partial charge in [-0.2, -0.15) is 0 Å². The van der Waals surface area contributed by atoms with Crippen molar-refractivity contribution in [1.29, 1.82) is 0 Å². The summed E-state index contributed by atoms with van der Waals surface area (Å²) < 4.78 is 0. The Morgan fingerprint density at radius 1 is 1.42 bits per heavy atom. The van der Waals surface area contributed by atoms with E-state index in [0.29, 0.717) is 0 Å². The minimum Gasteiger partial charge on any atom is -0.394 e. The van der Waals surface area contributed by atoms with Gasteiger partial charge in [-0.3, -0.25) is 4.79 Å². The van der Waals surface area contributed by atoms with Crippen LogP contribution in [0, 0.1) is 0 Å². The first-order chi connectivity index (χ1) is 5.57. The van der Waals surface area contributed by atoms with Gasteiger partial charge in [0.2, 0.25) is 5.91 Å². The lowest BCUT2D eigenvalue weighted by Gasteiger charge is -2.34. The van der Waals surface area contributed by atoms with Crippen molar-refractivity contribution in [2.45, 2.75) is 24.3 Å². The molecule has 0 spiro atoms. The summed E-state index contributed by atoms with van der Waals surface area (Å²) >= 11 is 0. The molecule has 70 valence electrons. The van der Waals surface area contributed by atoms with Crippen LogP contribution in [-0.4, -0.2) is 52.1 Å². The summed E-state index contributed by atoms with van der Waals surface area (Å²) in [6.45, 7) is -0.420. The predicted molar refractivity (Wildman–Crippen MR) is 39.0 cm³/mol. The van der Waals surface area contributed by atoms with Crippen LogP contribution in [0.2, 0.25) is 0 Å². The number of aliphatic hydroxyl groups excluding tert-OH is 3. The molecule has 1 aliphatic rings. The van der Waals surface area contributed by atoms with Gasteiger partial charge in [-0.05, 0) is 0 Å². The highest BCUT2D eigenvalue weighted by Crippen LogP contribution is 2.09. The van der Waals surface area contributed by atoms with Crippen molar-refractivity contribution in [3.05, 3.63) is 0 Å². The van der Waals surface area contributed by atoms with E-state index in [1.165, 1.54) is 0 Å². The van der Waals surface area contributed by atoms with E-state index in [9.17, 15) is 15.0 Å². The number of carbonyl (C=O) groups excluding carboxylic acids is 1. The van der Waals surface area contributed by atoms with Gasteiger partial charge in [0.15, 0.2) is 0 Å². The molecule has 0 radical (unpaired) electrons. The molecule has 1 heterocycles. The second-order valence-electron chi connectivity index (χ2n) is 2.80. The first-order valence-corrected chi connectivity index (χ1v) is 3.61. The molecular weight excluding hydrogens is 164 g/mol. The van der Waals surface area contributed by atoms with Crippen molar-refractivity contribution < 1.29 is 20.1 Å². The van der Waals surface area contributed by atoms with Gasteiger partial charge in [-0.25, -0.2) is 0 Å². The van der Waals surface area contributed by atoms with Crippen LogP contribution in [0.3, 0.4) is 0 Å². The summed E-state index contributed by atoms with van der Waals surface area (Å²) in [5.41, 5.74) is 5.23. The number of hydrogen-bond acceptors (Lipinski definition) is 5. The van der Waals surface area contributed by atoms with E-state index in [0.717, 1.165) is 0 Å². The van der Waals surface area contributed by atoms with Crippen molar-refractivity contribution in [2.24, 2.45) is 5.73 Å². The van der Waals surface area contributed by atoms with Gasteiger partial charge in [0.25, 0.3) is 0 Å². The Bertz CT molecular complexity index is 184. The van der Waals surface area contributed by atoms with E-state index < -0.39 is 36.8 Å². The summed E-state index contributed by atoms with van der Waals surface area (Å²) in [5, 5.41) is 29.3. The van der Waals surface area contributed by atoms with Crippen LogP contribution in [0.15, 0.2) is 0 Å². The van der Waals surface area contributed by atoms with Gasteiger partial charge in [0.05, 0.1) is 12.6 Å². The van der Waals surface area contributed by atoms with Crippen LogP contribution in [0.1, 0.15) is 0 Å². The Morgan fingerprint density at radius 2 is 2.00 bits per heavy atom. The maximum Gasteiger partial charge on any atom is 0.240 e. The van der Waals surface area contributed by atoms with Gasteiger partial charge in [0.1, 0.15) is 18.2 Å². The fourth-order valence-corrected chi connectivity index (χ4v) is 1.12. The number of carbonyl (C=O) groups is 1. The fraction of sp³-hybridized carbons (Fsp3) is 0.833.